The molecule has 0 spiro atoms. The molecular weight excluding hydrogens is 329 g/mol. The minimum Gasteiger partial charge on any atom is -0.484 e. The maximum Gasteiger partial charge on any atom is 0.417 e. The van der Waals surface area contributed by atoms with Crippen molar-refractivity contribution < 1.29 is 17.9 Å². The zero-order valence-corrected chi connectivity index (χ0v) is 12.7. The minimum absolute atomic E-state index is 0.0261. The molecule has 2 aromatic carbocycles. The second kappa shape index (κ2) is 5.94. The average molecular weight is 343 g/mol. The zero-order valence-electron chi connectivity index (χ0n) is 12.0. The van der Waals surface area contributed by atoms with E-state index in [1.54, 1.807) is 18.2 Å². The standard InChI is InChI=1S/C16H14ClF3N2O/c17-9-4-5-11(13(6-9)16(18,19)20)12-2-1-3-14-15(12)23-10(7-21)8-22-14/h1-6,10,22H,7-8,21H2. The van der Waals surface area contributed by atoms with Crippen LogP contribution in [0.3, 0.4) is 0 Å². The lowest BCUT2D eigenvalue weighted by Gasteiger charge is -2.29. The summed E-state index contributed by atoms with van der Waals surface area (Å²) in [6.45, 7) is 0.785. The summed E-state index contributed by atoms with van der Waals surface area (Å²) in [7, 11) is 0. The molecule has 2 aromatic rings. The highest BCUT2D eigenvalue weighted by Gasteiger charge is 2.35. The van der Waals surface area contributed by atoms with E-state index in [1.165, 1.54) is 12.1 Å². The fourth-order valence-electron chi connectivity index (χ4n) is 2.56. The predicted molar refractivity (Wildman–Crippen MR) is 83.9 cm³/mol. The topological polar surface area (TPSA) is 47.3 Å². The number of alkyl halides is 3. The third-order valence-corrected chi connectivity index (χ3v) is 3.89. The van der Waals surface area contributed by atoms with Crippen molar-refractivity contribution in [1.82, 2.24) is 0 Å². The van der Waals surface area contributed by atoms with Gasteiger partial charge in [-0.15, -0.1) is 0 Å². The van der Waals surface area contributed by atoms with Gasteiger partial charge in [-0.2, -0.15) is 13.2 Å². The van der Waals surface area contributed by atoms with Gasteiger partial charge in [0.1, 0.15) is 6.10 Å². The Morgan fingerprint density at radius 1 is 1.22 bits per heavy atom. The van der Waals surface area contributed by atoms with Crippen molar-refractivity contribution in [3.05, 3.63) is 47.0 Å². The fraction of sp³-hybridized carbons (Fsp3) is 0.250. The number of hydrogen-bond acceptors (Lipinski definition) is 3. The van der Waals surface area contributed by atoms with Gasteiger partial charge in [0.25, 0.3) is 0 Å². The van der Waals surface area contributed by atoms with Gasteiger partial charge < -0.3 is 15.8 Å². The number of anilines is 1. The van der Waals surface area contributed by atoms with Crippen LogP contribution >= 0.6 is 11.6 Å². The van der Waals surface area contributed by atoms with Gasteiger partial charge in [0, 0.05) is 17.1 Å². The van der Waals surface area contributed by atoms with Gasteiger partial charge in [-0.25, -0.2) is 0 Å². The quantitative estimate of drug-likeness (QED) is 0.861. The average Bonchev–Trinajstić information content (AvgIpc) is 2.53. The van der Waals surface area contributed by atoms with Crippen molar-refractivity contribution in [2.45, 2.75) is 12.3 Å². The SMILES string of the molecule is NCC1CNc2cccc(-c3ccc(Cl)cc3C(F)(F)F)c2O1. The second-order valence-corrected chi connectivity index (χ2v) is 5.66. The van der Waals surface area contributed by atoms with Crippen LogP contribution in [-0.4, -0.2) is 19.2 Å². The van der Waals surface area contributed by atoms with E-state index in [-0.39, 0.29) is 23.2 Å². The molecule has 1 aliphatic rings. The first kappa shape index (κ1) is 16.0. The van der Waals surface area contributed by atoms with E-state index in [1.807, 2.05) is 0 Å². The summed E-state index contributed by atoms with van der Waals surface area (Å²) in [6.07, 6.45) is -4.80. The molecule has 0 saturated heterocycles. The lowest BCUT2D eigenvalue weighted by atomic mass is 9.97. The smallest absolute Gasteiger partial charge is 0.417 e. The lowest BCUT2D eigenvalue weighted by Crippen LogP contribution is -2.37. The van der Waals surface area contributed by atoms with Crippen LogP contribution in [0.4, 0.5) is 18.9 Å². The van der Waals surface area contributed by atoms with Gasteiger partial charge in [-0.05, 0) is 23.8 Å². The van der Waals surface area contributed by atoms with E-state index < -0.39 is 11.7 Å². The Bertz CT molecular complexity index is 734. The lowest BCUT2D eigenvalue weighted by molar-refractivity contribution is -0.137. The number of nitrogens with one attached hydrogen (secondary N) is 1. The third kappa shape index (κ3) is 3.09. The van der Waals surface area contributed by atoms with Crippen LogP contribution in [0, 0.1) is 0 Å². The van der Waals surface area contributed by atoms with Crippen LogP contribution in [0.2, 0.25) is 5.02 Å². The Morgan fingerprint density at radius 3 is 2.70 bits per heavy atom. The molecule has 1 heterocycles. The molecule has 122 valence electrons. The Kier molecular flexibility index (Phi) is 4.12. The van der Waals surface area contributed by atoms with E-state index in [9.17, 15) is 13.2 Å². The van der Waals surface area contributed by atoms with Crippen molar-refractivity contribution in [2.24, 2.45) is 5.73 Å². The van der Waals surface area contributed by atoms with Crippen LogP contribution in [0.15, 0.2) is 36.4 Å². The molecule has 0 bridgehead atoms. The Balaban J connectivity index is 2.17. The maximum absolute atomic E-state index is 13.4. The Labute approximate surface area is 136 Å². The molecular formula is C16H14ClF3N2O. The Hall–Kier alpha value is -1.92. The van der Waals surface area contributed by atoms with Crippen molar-refractivity contribution in [1.29, 1.82) is 0 Å². The summed E-state index contributed by atoms with van der Waals surface area (Å²) in [6, 6.07) is 8.75. The number of rotatable bonds is 2. The molecule has 1 unspecified atom stereocenters. The van der Waals surface area contributed by atoms with E-state index in [0.29, 0.717) is 23.5 Å². The molecule has 1 atom stereocenters. The highest BCUT2D eigenvalue weighted by molar-refractivity contribution is 6.30. The molecule has 0 aliphatic carbocycles. The molecule has 3 nitrogen and oxygen atoms in total. The van der Waals surface area contributed by atoms with E-state index in [4.69, 9.17) is 22.1 Å². The summed E-state index contributed by atoms with van der Waals surface area (Å²) in [4.78, 5) is 0. The van der Waals surface area contributed by atoms with Crippen LogP contribution in [0.1, 0.15) is 5.56 Å². The van der Waals surface area contributed by atoms with Gasteiger partial charge in [-0.3, -0.25) is 0 Å². The number of para-hydroxylation sites is 1. The number of halogens is 4. The molecule has 0 radical (unpaired) electrons. The first-order valence-electron chi connectivity index (χ1n) is 7.01. The van der Waals surface area contributed by atoms with Crippen LogP contribution in [-0.2, 0) is 6.18 Å². The van der Waals surface area contributed by atoms with Crippen LogP contribution < -0.4 is 15.8 Å². The van der Waals surface area contributed by atoms with Crippen molar-refractivity contribution in [3.8, 4) is 16.9 Å². The van der Waals surface area contributed by atoms with Crippen molar-refractivity contribution in [3.63, 3.8) is 0 Å². The van der Waals surface area contributed by atoms with E-state index in [2.05, 4.69) is 5.32 Å². The minimum atomic E-state index is -4.52. The fourth-order valence-corrected chi connectivity index (χ4v) is 2.74. The maximum atomic E-state index is 13.4. The summed E-state index contributed by atoms with van der Waals surface area (Å²) in [5.74, 6) is 0.377. The second-order valence-electron chi connectivity index (χ2n) is 5.23. The molecule has 3 N–H and O–H groups in total. The van der Waals surface area contributed by atoms with E-state index in [0.717, 1.165) is 6.07 Å². The number of ether oxygens (including phenoxy) is 1. The first-order chi connectivity index (χ1) is 10.9. The number of fused-ring (bicyclic) bond motifs is 1. The first-order valence-corrected chi connectivity index (χ1v) is 7.38. The van der Waals surface area contributed by atoms with Crippen molar-refractivity contribution in [2.75, 3.05) is 18.4 Å². The summed E-state index contributed by atoms with van der Waals surface area (Å²) >= 11 is 5.74. The van der Waals surface area contributed by atoms with Gasteiger partial charge in [0.2, 0.25) is 0 Å². The number of nitrogens with two attached hydrogens (primary N) is 1. The van der Waals surface area contributed by atoms with E-state index >= 15 is 0 Å². The molecule has 7 heteroatoms. The summed E-state index contributed by atoms with van der Waals surface area (Å²) < 4.78 is 45.8. The molecule has 0 fully saturated rings. The van der Waals surface area contributed by atoms with Gasteiger partial charge in [0.05, 0.1) is 17.8 Å². The third-order valence-electron chi connectivity index (χ3n) is 3.66. The molecule has 3 rings (SSSR count). The van der Waals surface area contributed by atoms with Gasteiger partial charge in [-0.1, -0.05) is 29.8 Å². The van der Waals surface area contributed by atoms with Gasteiger partial charge >= 0.3 is 6.18 Å². The predicted octanol–water partition coefficient (Wildman–Crippen LogP) is 4.16. The normalized spacial score (nSPS) is 17.2. The summed E-state index contributed by atoms with van der Waals surface area (Å²) in [5, 5.41) is 3.16. The molecule has 23 heavy (non-hydrogen) atoms. The van der Waals surface area contributed by atoms with Crippen LogP contribution in [0.25, 0.3) is 11.1 Å². The largest absolute Gasteiger partial charge is 0.484 e. The molecule has 0 saturated carbocycles. The molecule has 1 aliphatic heterocycles. The van der Waals surface area contributed by atoms with Gasteiger partial charge in [0.15, 0.2) is 5.75 Å². The molecule has 0 amide bonds. The highest BCUT2D eigenvalue weighted by atomic mass is 35.5. The van der Waals surface area contributed by atoms with Crippen molar-refractivity contribution >= 4 is 17.3 Å². The highest BCUT2D eigenvalue weighted by Crippen LogP contribution is 2.44. The zero-order chi connectivity index (χ0) is 16.6. The summed E-state index contributed by atoms with van der Waals surface area (Å²) in [5.41, 5.74) is 5.84. The number of benzene rings is 2. The Morgan fingerprint density at radius 2 is 2.00 bits per heavy atom. The number of hydrogen-bond donors (Lipinski definition) is 2. The monoisotopic (exact) mass is 342 g/mol. The molecule has 0 aromatic heterocycles. The van der Waals surface area contributed by atoms with Crippen LogP contribution in [0.5, 0.6) is 5.75 Å².